The van der Waals surface area contributed by atoms with Gasteiger partial charge in [0.15, 0.2) is 0 Å². The fourth-order valence-corrected chi connectivity index (χ4v) is 2.68. The predicted molar refractivity (Wildman–Crippen MR) is 47.0 cm³/mol. The minimum Gasteiger partial charge on any atom is -0.324 e. The molecule has 0 saturated heterocycles. The third kappa shape index (κ3) is 0.696. The molecule has 0 amide bonds. The van der Waals surface area contributed by atoms with E-state index in [0.29, 0.717) is 0 Å². The van der Waals surface area contributed by atoms with Crippen LogP contribution in [0.15, 0.2) is 5.38 Å². The standard InChI is InChI=1S/C8H11N3S/c9-8(3-4-8)7(1-2-7)6-5-12-11-10-6/h5H,1-4,9H2. The molecule has 1 aromatic rings. The van der Waals surface area contributed by atoms with Crippen molar-refractivity contribution < 1.29 is 0 Å². The Morgan fingerprint density at radius 2 is 2.08 bits per heavy atom. The molecule has 4 heteroatoms. The zero-order chi connectivity index (χ0) is 8.23. The molecule has 3 nitrogen and oxygen atoms in total. The van der Waals surface area contributed by atoms with Crippen LogP contribution in [0.5, 0.6) is 0 Å². The molecule has 0 atom stereocenters. The van der Waals surface area contributed by atoms with Crippen molar-refractivity contribution in [1.29, 1.82) is 0 Å². The minimum absolute atomic E-state index is 0.0861. The van der Waals surface area contributed by atoms with E-state index in [1.54, 1.807) is 0 Å². The second kappa shape index (κ2) is 1.88. The summed E-state index contributed by atoms with van der Waals surface area (Å²) in [6, 6.07) is 0. The van der Waals surface area contributed by atoms with Crippen molar-refractivity contribution in [1.82, 2.24) is 9.59 Å². The van der Waals surface area contributed by atoms with Gasteiger partial charge in [-0.25, -0.2) is 0 Å². The van der Waals surface area contributed by atoms with E-state index in [1.165, 1.54) is 37.2 Å². The molecule has 0 radical (unpaired) electrons. The van der Waals surface area contributed by atoms with Gasteiger partial charge in [0.2, 0.25) is 0 Å². The van der Waals surface area contributed by atoms with E-state index >= 15 is 0 Å². The van der Waals surface area contributed by atoms with Crippen molar-refractivity contribution in [2.24, 2.45) is 5.73 Å². The Balaban J connectivity index is 2.02. The first-order chi connectivity index (χ1) is 5.77. The fourth-order valence-electron chi connectivity index (χ4n) is 2.12. The number of hydrogen-bond donors (Lipinski definition) is 1. The molecule has 1 heterocycles. The van der Waals surface area contributed by atoms with Crippen LogP contribution in [0.4, 0.5) is 0 Å². The van der Waals surface area contributed by atoms with E-state index in [4.69, 9.17) is 5.73 Å². The summed E-state index contributed by atoms with van der Waals surface area (Å²) in [7, 11) is 0. The first-order valence-electron chi connectivity index (χ1n) is 4.33. The molecule has 3 rings (SSSR count). The van der Waals surface area contributed by atoms with Crippen LogP contribution in [-0.2, 0) is 5.41 Å². The second-order valence-corrected chi connectivity index (χ2v) is 4.64. The van der Waals surface area contributed by atoms with Gasteiger partial charge in [0.1, 0.15) is 0 Å². The summed E-state index contributed by atoms with van der Waals surface area (Å²) in [6.45, 7) is 0. The molecule has 1 aromatic heterocycles. The molecular formula is C8H11N3S. The Labute approximate surface area is 75.1 Å². The second-order valence-electron chi connectivity index (χ2n) is 4.03. The van der Waals surface area contributed by atoms with E-state index in [9.17, 15) is 0 Å². The Morgan fingerprint density at radius 3 is 2.50 bits per heavy atom. The molecule has 64 valence electrons. The van der Waals surface area contributed by atoms with Gasteiger partial charge in [-0.15, -0.1) is 5.10 Å². The SMILES string of the molecule is NC1(C2(c3csnn3)CC2)CC1. The van der Waals surface area contributed by atoms with Gasteiger partial charge in [0, 0.05) is 16.3 Å². The summed E-state index contributed by atoms with van der Waals surface area (Å²) in [6.07, 6.45) is 4.78. The van der Waals surface area contributed by atoms with Gasteiger partial charge in [0.05, 0.1) is 5.69 Å². The zero-order valence-electron chi connectivity index (χ0n) is 6.79. The normalized spacial score (nSPS) is 28.4. The first-order valence-corrected chi connectivity index (χ1v) is 5.17. The van der Waals surface area contributed by atoms with Crippen molar-refractivity contribution in [3.63, 3.8) is 0 Å². The van der Waals surface area contributed by atoms with Gasteiger partial charge >= 0.3 is 0 Å². The molecule has 2 aliphatic rings. The third-order valence-electron chi connectivity index (χ3n) is 3.34. The van der Waals surface area contributed by atoms with Crippen molar-refractivity contribution >= 4 is 11.5 Å². The summed E-state index contributed by atoms with van der Waals surface area (Å²) in [5.74, 6) is 0. The molecular weight excluding hydrogens is 170 g/mol. The zero-order valence-corrected chi connectivity index (χ0v) is 7.60. The maximum absolute atomic E-state index is 6.21. The van der Waals surface area contributed by atoms with Gasteiger partial charge in [0.25, 0.3) is 0 Å². The van der Waals surface area contributed by atoms with E-state index in [2.05, 4.69) is 15.0 Å². The topological polar surface area (TPSA) is 51.8 Å². The lowest BCUT2D eigenvalue weighted by Gasteiger charge is -2.19. The monoisotopic (exact) mass is 181 g/mol. The van der Waals surface area contributed by atoms with Crippen LogP contribution in [0.2, 0.25) is 0 Å². The summed E-state index contributed by atoms with van der Waals surface area (Å²) in [4.78, 5) is 0. The number of nitrogens with zero attached hydrogens (tertiary/aromatic N) is 2. The lowest BCUT2D eigenvalue weighted by atomic mass is 9.92. The van der Waals surface area contributed by atoms with Crippen molar-refractivity contribution in [2.45, 2.75) is 36.6 Å². The molecule has 0 aromatic carbocycles. The van der Waals surface area contributed by atoms with Crippen LogP contribution in [-0.4, -0.2) is 15.1 Å². The molecule has 2 fully saturated rings. The molecule has 0 aliphatic heterocycles. The largest absolute Gasteiger partial charge is 0.324 e. The predicted octanol–water partition coefficient (Wildman–Crippen LogP) is 1.06. The highest BCUT2D eigenvalue weighted by Gasteiger charge is 2.65. The smallest absolute Gasteiger partial charge is 0.0835 e. The highest BCUT2D eigenvalue weighted by Crippen LogP contribution is 2.63. The Kier molecular flexibility index (Phi) is 1.09. The number of rotatable bonds is 2. The Morgan fingerprint density at radius 1 is 1.33 bits per heavy atom. The summed E-state index contributed by atoms with van der Waals surface area (Å²) < 4.78 is 3.91. The van der Waals surface area contributed by atoms with Gasteiger partial charge in [-0.2, -0.15) is 0 Å². The average Bonchev–Trinajstić information content (AvgIpc) is 2.96. The molecule has 2 N–H and O–H groups in total. The van der Waals surface area contributed by atoms with Gasteiger partial charge in [-0.05, 0) is 37.2 Å². The lowest BCUT2D eigenvalue weighted by Crippen LogP contribution is -2.37. The van der Waals surface area contributed by atoms with Crippen LogP contribution in [0.25, 0.3) is 0 Å². The minimum atomic E-state index is 0.0861. The quantitative estimate of drug-likeness (QED) is 0.742. The molecule has 0 bridgehead atoms. The number of nitrogens with two attached hydrogens (primary N) is 1. The fraction of sp³-hybridized carbons (Fsp3) is 0.750. The maximum Gasteiger partial charge on any atom is 0.0835 e. The van der Waals surface area contributed by atoms with Gasteiger partial charge < -0.3 is 5.73 Å². The molecule has 0 spiro atoms. The van der Waals surface area contributed by atoms with Crippen molar-refractivity contribution in [3.05, 3.63) is 11.1 Å². The molecule has 12 heavy (non-hydrogen) atoms. The first kappa shape index (κ1) is 6.97. The van der Waals surface area contributed by atoms with Crippen molar-refractivity contribution in [2.75, 3.05) is 0 Å². The average molecular weight is 181 g/mol. The Bertz CT molecular complexity index is 298. The lowest BCUT2D eigenvalue weighted by molar-refractivity contribution is 0.490. The van der Waals surface area contributed by atoms with E-state index < -0.39 is 0 Å². The summed E-state index contributed by atoms with van der Waals surface area (Å²) >= 11 is 1.43. The highest BCUT2D eigenvalue weighted by molar-refractivity contribution is 7.03. The summed E-state index contributed by atoms with van der Waals surface area (Å²) in [5.41, 5.74) is 7.68. The van der Waals surface area contributed by atoms with E-state index in [0.717, 1.165) is 5.69 Å². The van der Waals surface area contributed by atoms with Crippen LogP contribution < -0.4 is 5.73 Å². The maximum atomic E-state index is 6.21. The van der Waals surface area contributed by atoms with Crippen LogP contribution in [0.3, 0.4) is 0 Å². The third-order valence-corrected chi connectivity index (χ3v) is 3.85. The molecule has 2 saturated carbocycles. The number of aromatic nitrogens is 2. The van der Waals surface area contributed by atoms with Gasteiger partial charge in [-0.3, -0.25) is 0 Å². The Hall–Kier alpha value is -0.480. The molecule has 0 unspecified atom stereocenters. The van der Waals surface area contributed by atoms with E-state index in [1.807, 2.05) is 0 Å². The van der Waals surface area contributed by atoms with Crippen molar-refractivity contribution in [3.8, 4) is 0 Å². The van der Waals surface area contributed by atoms with Crippen LogP contribution >= 0.6 is 11.5 Å². The van der Waals surface area contributed by atoms with Crippen LogP contribution in [0, 0.1) is 0 Å². The summed E-state index contributed by atoms with van der Waals surface area (Å²) in [5, 5.41) is 6.20. The van der Waals surface area contributed by atoms with Crippen LogP contribution in [0.1, 0.15) is 31.4 Å². The molecule has 2 aliphatic carbocycles. The number of hydrogen-bond acceptors (Lipinski definition) is 4. The highest BCUT2D eigenvalue weighted by atomic mass is 32.1. The van der Waals surface area contributed by atoms with Gasteiger partial charge in [-0.1, -0.05) is 4.49 Å². The van der Waals surface area contributed by atoms with E-state index in [-0.39, 0.29) is 11.0 Å².